The highest BCUT2D eigenvalue weighted by atomic mass is 35.5. The molecule has 0 amide bonds. The van der Waals surface area contributed by atoms with E-state index in [-0.39, 0.29) is 0 Å². The molecular weight excluding hydrogens is 146 g/mol. The summed E-state index contributed by atoms with van der Waals surface area (Å²) in [6.45, 7) is 6.79. The van der Waals surface area contributed by atoms with E-state index >= 15 is 0 Å². The van der Waals surface area contributed by atoms with Crippen LogP contribution < -0.4 is 5.32 Å². The van der Waals surface area contributed by atoms with E-state index in [0.717, 1.165) is 11.6 Å². The summed E-state index contributed by atoms with van der Waals surface area (Å²) in [7, 11) is 0. The fourth-order valence-corrected chi connectivity index (χ4v) is 0.899. The molecular formula is C8H14ClN. The molecule has 0 atom stereocenters. The first kappa shape index (κ1) is 9.57. The molecule has 0 aliphatic carbocycles. The van der Waals surface area contributed by atoms with Gasteiger partial charge in [-0.25, -0.2) is 0 Å². The number of allylic oxidation sites excluding steroid dienone is 2. The highest BCUT2D eigenvalue weighted by molar-refractivity contribution is 6.30. The molecule has 0 fully saturated rings. The molecule has 0 spiro atoms. The molecule has 0 saturated carbocycles. The fourth-order valence-electron chi connectivity index (χ4n) is 0.649. The average Bonchev–Trinajstić information content (AvgIpc) is 1.91. The second-order valence-electron chi connectivity index (χ2n) is 1.86. The Kier molecular flexibility index (Phi) is 5.13. The quantitative estimate of drug-likeness (QED) is 0.573. The van der Waals surface area contributed by atoms with Crippen LogP contribution in [0.15, 0.2) is 22.9 Å². The van der Waals surface area contributed by atoms with Gasteiger partial charge in [-0.1, -0.05) is 25.4 Å². The monoisotopic (exact) mass is 159 g/mol. The molecule has 0 radical (unpaired) electrons. The molecule has 0 bridgehead atoms. The highest BCUT2D eigenvalue weighted by Crippen LogP contribution is 2.08. The van der Waals surface area contributed by atoms with Gasteiger partial charge in [-0.2, -0.15) is 0 Å². The Morgan fingerprint density at radius 2 is 2.10 bits per heavy atom. The van der Waals surface area contributed by atoms with Crippen LogP contribution in [0.5, 0.6) is 0 Å². The normalized spacial score (nSPS) is 15.6. The average molecular weight is 160 g/mol. The molecule has 0 aromatic heterocycles. The Morgan fingerprint density at radius 1 is 1.50 bits per heavy atom. The molecule has 1 heterocycles. The Balaban J connectivity index is 0.000000371. The zero-order valence-electron chi connectivity index (χ0n) is 6.74. The first-order chi connectivity index (χ1) is 4.79. The number of nitrogens with one attached hydrogen (secondary N) is 1. The van der Waals surface area contributed by atoms with E-state index in [1.165, 1.54) is 5.57 Å². The van der Waals surface area contributed by atoms with E-state index in [2.05, 4.69) is 5.32 Å². The summed E-state index contributed by atoms with van der Waals surface area (Å²) >= 11 is 5.67. The lowest BCUT2D eigenvalue weighted by atomic mass is 10.2. The Morgan fingerprint density at radius 3 is 2.40 bits per heavy atom. The van der Waals surface area contributed by atoms with Gasteiger partial charge in [0.25, 0.3) is 0 Å². The van der Waals surface area contributed by atoms with Gasteiger partial charge in [0.2, 0.25) is 0 Å². The van der Waals surface area contributed by atoms with Crippen LogP contribution in [0.2, 0.25) is 0 Å². The van der Waals surface area contributed by atoms with Crippen molar-refractivity contribution in [1.82, 2.24) is 5.32 Å². The van der Waals surface area contributed by atoms with Crippen molar-refractivity contribution < 1.29 is 0 Å². The predicted molar refractivity (Wildman–Crippen MR) is 47.0 cm³/mol. The topological polar surface area (TPSA) is 12.0 Å². The van der Waals surface area contributed by atoms with Crippen molar-refractivity contribution in [2.75, 3.05) is 6.54 Å². The van der Waals surface area contributed by atoms with Crippen molar-refractivity contribution >= 4 is 11.6 Å². The molecule has 0 saturated heterocycles. The second kappa shape index (κ2) is 5.36. The van der Waals surface area contributed by atoms with E-state index in [9.17, 15) is 0 Å². The third kappa shape index (κ3) is 3.57. The smallest absolute Gasteiger partial charge is 0.0502 e. The molecule has 58 valence electrons. The van der Waals surface area contributed by atoms with Crippen molar-refractivity contribution in [2.45, 2.75) is 20.8 Å². The van der Waals surface area contributed by atoms with Crippen molar-refractivity contribution in [3.05, 3.63) is 22.9 Å². The molecule has 0 aromatic rings. The minimum atomic E-state index is 0.777. The lowest BCUT2D eigenvalue weighted by Gasteiger charge is -2.05. The molecule has 1 nitrogen and oxygen atoms in total. The summed E-state index contributed by atoms with van der Waals surface area (Å²) in [6.07, 6.45) is 3.91. The number of halogens is 1. The van der Waals surface area contributed by atoms with Crippen LogP contribution >= 0.6 is 11.6 Å². The molecule has 1 aliphatic rings. The van der Waals surface area contributed by atoms with Gasteiger partial charge in [0.1, 0.15) is 0 Å². The van der Waals surface area contributed by atoms with E-state index in [1.807, 2.05) is 33.0 Å². The Labute approximate surface area is 67.8 Å². The highest BCUT2D eigenvalue weighted by Gasteiger charge is 1.95. The van der Waals surface area contributed by atoms with Crippen LogP contribution in [0.3, 0.4) is 0 Å². The van der Waals surface area contributed by atoms with Gasteiger partial charge in [0.15, 0.2) is 0 Å². The lowest BCUT2D eigenvalue weighted by Crippen LogP contribution is -2.11. The molecule has 10 heavy (non-hydrogen) atoms. The summed E-state index contributed by atoms with van der Waals surface area (Å²) in [4.78, 5) is 0. The maximum atomic E-state index is 5.67. The third-order valence-electron chi connectivity index (χ3n) is 0.985. The van der Waals surface area contributed by atoms with Crippen molar-refractivity contribution in [1.29, 1.82) is 0 Å². The van der Waals surface area contributed by atoms with Crippen molar-refractivity contribution in [3.63, 3.8) is 0 Å². The third-order valence-corrected chi connectivity index (χ3v) is 1.23. The van der Waals surface area contributed by atoms with Crippen LogP contribution in [0, 0.1) is 0 Å². The largest absolute Gasteiger partial charge is 0.386 e. The van der Waals surface area contributed by atoms with Crippen LogP contribution in [-0.4, -0.2) is 6.54 Å². The first-order valence-corrected chi connectivity index (χ1v) is 3.93. The molecule has 2 heteroatoms. The second-order valence-corrected chi connectivity index (χ2v) is 2.35. The van der Waals surface area contributed by atoms with Gasteiger partial charge in [0.05, 0.1) is 6.54 Å². The number of dihydropyridines is 1. The number of hydrogen-bond donors (Lipinski definition) is 1. The molecule has 1 rings (SSSR count). The van der Waals surface area contributed by atoms with Gasteiger partial charge in [-0.3, -0.25) is 0 Å². The van der Waals surface area contributed by atoms with Crippen LogP contribution in [0.1, 0.15) is 20.8 Å². The van der Waals surface area contributed by atoms with E-state index < -0.39 is 0 Å². The van der Waals surface area contributed by atoms with Crippen molar-refractivity contribution in [2.24, 2.45) is 0 Å². The van der Waals surface area contributed by atoms with Gasteiger partial charge in [-0.15, -0.1) is 0 Å². The zero-order chi connectivity index (χ0) is 7.98. The molecule has 1 N–H and O–H groups in total. The summed E-state index contributed by atoms with van der Waals surface area (Å²) in [5.74, 6) is 0. The van der Waals surface area contributed by atoms with Crippen molar-refractivity contribution in [3.8, 4) is 0 Å². The SMILES string of the molecule is CC.CC1=CNCC(Cl)=C1. The van der Waals surface area contributed by atoms with Gasteiger partial charge < -0.3 is 5.32 Å². The van der Waals surface area contributed by atoms with E-state index in [1.54, 1.807) is 0 Å². The number of hydrogen-bond acceptors (Lipinski definition) is 1. The maximum Gasteiger partial charge on any atom is 0.0502 e. The van der Waals surface area contributed by atoms with Crippen LogP contribution in [-0.2, 0) is 0 Å². The molecule has 1 aliphatic heterocycles. The zero-order valence-corrected chi connectivity index (χ0v) is 7.50. The predicted octanol–water partition coefficient (Wildman–Crippen LogP) is 2.64. The van der Waals surface area contributed by atoms with Crippen LogP contribution in [0.25, 0.3) is 0 Å². The van der Waals surface area contributed by atoms with E-state index in [4.69, 9.17) is 11.6 Å². The lowest BCUT2D eigenvalue weighted by molar-refractivity contribution is 0.941. The van der Waals surface area contributed by atoms with Crippen LogP contribution in [0.4, 0.5) is 0 Å². The minimum absolute atomic E-state index is 0.777. The number of rotatable bonds is 0. The maximum absolute atomic E-state index is 5.67. The summed E-state index contributed by atoms with van der Waals surface area (Å²) in [5.41, 5.74) is 1.18. The summed E-state index contributed by atoms with van der Waals surface area (Å²) < 4.78 is 0. The summed E-state index contributed by atoms with van der Waals surface area (Å²) in [6, 6.07) is 0. The van der Waals surface area contributed by atoms with Gasteiger partial charge in [-0.05, 0) is 24.8 Å². The Bertz CT molecular complexity index is 147. The van der Waals surface area contributed by atoms with E-state index in [0.29, 0.717) is 0 Å². The standard InChI is InChI=1S/C6H8ClN.C2H6/c1-5-2-6(7)4-8-3-5;1-2/h2-3,8H,4H2,1H3;1-2H3. The minimum Gasteiger partial charge on any atom is -0.386 e. The Hall–Kier alpha value is -0.430. The summed E-state index contributed by atoms with van der Waals surface area (Å²) in [5, 5.41) is 3.90. The fraction of sp³-hybridized carbons (Fsp3) is 0.500. The van der Waals surface area contributed by atoms with Gasteiger partial charge in [0, 0.05) is 5.03 Å². The molecule has 0 aromatic carbocycles. The first-order valence-electron chi connectivity index (χ1n) is 3.55. The molecule has 0 unspecified atom stereocenters. The van der Waals surface area contributed by atoms with Gasteiger partial charge >= 0.3 is 0 Å².